The SMILES string of the molecule is O=c1o[nH][n+](-c2ccc(Cl)cc2)c1-c1csc(/C=C/c2ccccc2)n1. The highest BCUT2D eigenvalue weighted by atomic mass is 35.5. The van der Waals surface area contributed by atoms with Crippen LogP contribution in [0.15, 0.2) is 69.3 Å². The summed E-state index contributed by atoms with van der Waals surface area (Å²) in [4.78, 5) is 16.7. The van der Waals surface area contributed by atoms with Gasteiger partial charge in [0.1, 0.15) is 5.01 Å². The molecule has 2 aromatic carbocycles. The molecule has 0 amide bonds. The van der Waals surface area contributed by atoms with Crippen molar-refractivity contribution >= 4 is 35.1 Å². The molecule has 7 heteroatoms. The van der Waals surface area contributed by atoms with E-state index >= 15 is 0 Å². The minimum atomic E-state index is -0.483. The number of H-pyrrole nitrogens is 1. The van der Waals surface area contributed by atoms with Gasteiger partial charge in [0, 0.05) is 22.5 Å². The van der Waals surface area contributed by atoms with Gasteiger partial charge in [0.25, 0.3) is 0 Å². The number of aromatic amines is 1. The Bertz CT molecular complexity index is 1110. The van der Waals surface area contributed by atoms with Gasteiger partial charge < -0.3 is 0 Å². The van der Waals surface area contributed by atoms with Gasteiger partial charge in [-0.15, -0.1) is 11.3 Å². The maximum atomic E-state index is 12.2. The summed E-state index contributed by atoms with van der Waals surface area (Å²) in [6.07, 6.45) is 3.90. The lowest BCUT2D eigenvalue weighted by molar-refractivity contribution is -0.660. The lowest BCUT2D eigenvalue weighted by Crippen LogP contribution is -2.36. The van der Waals surface area contributed by atoms with E-state index < -0.39 is 5.63 Å². The Hall–Kier alpha value is -2.96. The topological polar surface area (TPSA) is 62.8 Å². The van der Waals surface area contributed by atoms with Gasteiger partial charge in [-0.2, -0.15) is 0 Å². The van der Waals surface area contributed by atoms with E-state index in [9.17, 15) is 4.79 Å². The molecule has 2 heterocycles. The Morgan fingerprint density at radius 2 is 1.85 bits per heavy atom. The molecule has 128 valence electrons. The number of nitrogens with one attached hydrogen (secondary N) is 1. The lowest BCUT2D eigenvalue weighted by Gasteiger charge is -1.92. The molecule has 0 aliphatic carbocycles. The van der Waals surface area contributed by atoms with E-state index in [0.29, 0.717) is 16.4 Å². The quantitative estimate of drug-likeness (QED) is 0.538. The van der Waals surface area contributed by atoms with Crippen molar-refractivity contribution in [3.05, 3.63) is 86.0 Å². The second-order valence-corrected chi connectivity index (χ2v) is 6.78. The van der Waals surface area contributed by atoms with Crippen LogP contribution in [0.2, 0.25) is 5.02 Å². The van der Waals surface area contributed by atoms with Crippen molar-refractivity contribution in [2.75, 3.05) is 0 Å². The summed E-state index contributed by atoms with van der Waals surface area (Å²) >= 11 is 7.38. The average Bonchev–Trinajstić information content (AvgIpc) is 3.28. The van der Waals surface area contributed by atoms with E-state index in [1.165, 1.54) is 11.3 Å². The molecule has 0 bridgehead atoms. The average molecular weight is 383 g/mol. The summed E-state index contributed by atoms with van der Waals surface area (Å²) in [6, 6.07) is 17.0. The van der Waals surface area contributed by atoms with Crippen LogP contribution in [0.1, 0.15) is 10.6 Å². The number of rotatable bonds is 4. The molecule has 0 radical (unpaired) electrons. The number of aromatic nitrogens is 3. The molecule has 5 nitrogen and oxygen atoms in total. The molecular formula is C19H13ClN3O2S+. The third kappa shape index (κ3) is 3.37. The molecular weight excluding hydrogens is 370 g/mol. The molecule has 0 spiro atoms. The fraction of sp³-hybridized carbons (Fsp3) is 0. The highest BCUT2D eigenvalue weighted by Gasteiger charge is 2.27. The molecule has 0 fully saturated rings. The first-order valence-corrected chi connectivity index (χ1v) is 9.05. The first-order valence-electron chi connectivity index (χ1n) is 7.79. The third-order valence-corrected chi connectivity index (χ3v) is 4.78. The normalized spacial score (nSPS) is 11.3. The van der Waals surface area contributed by atoms with Gasteiger partial charge in [0.15, 0.2) is 5.69 Å². The molecule has 0 atom stereocenters. The minimum Gasteiger partial charge on any atom is -0.282 e. The minimum absolute atomic E-state index is 0.336. The van der Waals surface area contributed by atoms with Crippen LogP contribution in [0.5, 0.6) is 0 Å². The van der Waals surface area contributed by atoms with E-state index in [2.05, 4.69) is 10.3 Å². The Morgan fingerprint density at radius 1 is 1.08 bits per heavy atom. The number of benzene rings is 2. The summed E-state index contributed by atoms with van der Waals surface area (Å²) in [5.41, 5.74) is 2.21. The monoisotopic (exact) mass is 382 g/mol. The van der Waals surface area contributed by atoms with Crippen molar-refractivity contribution < 1.29 is 9.20 Å². The van der Waals surface area contributed by atoms with Crippen LogP contribution < -0.4 is 10.3 Å². The molecule has 26 heavy (non-hydrogen) atoms. The predicted octanol–water partition coefficient (Wildman–Crippen LogP) is 4.19. The molecule has 0 unspecified atom stereocenters. The van der Waals surface area contributed by atoms with Crippen LogP contribution in [0.4, 0.5) is 0 Å². The number of hydrogen-bond acceptors (Lipinski definition) is 4. The van der Waals surface area contributed by atoms with Gasteiger partial charge >= 0.3 is 11.3 Å². The summed E-state index contributed by atoms with van der Waals surface area (Å²) in [6.45, 7) is 0. The van der Waals surface area contributed by atoms with Gasteiger partial charge in [-0.3, -0.25) is 4.52 Å². The number of thiazole rings is 1. The predicted molar refractivity (Wildman–Crippen MR) is 102 cm³/mol. The molecule has 0 saturated carbocycles. The standard InChI is InChI=1S/C19H12ClN3O2S/c20-14-7-9-15(10-8-14)23-18(19(24)25-22-23)16-12-26-17(21-16)11-6-13-4-2-1-3-5-13/h1-12H/p+1/b11-6+. The molecule has 0 aliphatic heterocycles. The zero-order valence-corrected chi connectivity index (χ0v) is 15.0. The number of hydrogen-bond donors (Lipinski definition) is 1. The van der Waals surface area contributed by atoms with Gasteiger partial charge in [-0.25, -0.2) is 9.78 Å². The molecule has 1 N–H and O–H groups in total. The zero-order valence-electron chi connectivity index (χ0n) is 13.4. The molecule has 4 aromatic rings. The van der Waals surface area contributed by atoms with Gasteiger partial charge in [-0.1, -0.05) is 48.0 Å². The Balaban J connectivity index is 1.68. The van der Waals surface area contributed by atoms with E-state index in [0.717, 1.165) is 16.3 Å². The van der Waals surface area contributed by atoms with Crippen molar-refractivity contribution in [2.45, 2.75) is 0 Å². The van der Waals surface area contributed by atoms with Crippen LogP contribution in [-0.2, 0) is 0 Å². The fourth-order valence-corrected chi connectivity index (χ4v) is 3.29. The lowest BCUT2D eigenvalue weighted by atomic mass is 10.2. The maximum Gasteiger partial charge on any atom is 0.437 e. The molecule has 2 aromatic heterocycles. The molecule has 0 saturated heterocycles. The Morgan fingerprint density at radius 3 is 2.62 bits per heavy atom. The summed E-state index contributed by atoms with van der Waals surface area (Å²) in [5.74, 6) is 0. The van der Waals surface area contributed by atoms with Crippen LogP contribution >= 0.6 is 22.9 Å². The number of halogens is 1. The van der Waals surface area contributed by atoms with Gasteiger partial charge in [0.05, 0.1) is 0 Å². The van der Waals surface area contributed by atoms with Gasteiger partial charge in [0.2, 0.25) is 5.69 Å². The summed E-state index contributed by atoms with van der Waals surface area (Å²) in [5, 5.41) is 5.85. The van der Waals surface area contributed by atoms with Gasteiger partial charge in [-0.05, 0) is 33.7 Å². The second-order valence-electron chi connectivity index (χ2n) is 5.46. The van der Waals surface area contributed by atoms with Crippen LogP contribution in [-0.4, -0.2) is 10.3 Å². The van der Waals surface area contributed by atoms with Crippen LogP contribution in [0.25, 0.3) is 29.2 Å². The summed E-state index contributed by atoms with van der Waals surface area (Å²) < 4.78 is 6.52. The fourth-order valence-electron chi connectivity index (χ4n) is 2.47. The first kappa shape index (κ1) is 16.5. The van der Waals surface area contributed by atoms with Crippen molar-refractivity contribution in [2.24, 2.45) is 0 Å². The largest absolute Gasteiger partial charge is 0.437 e. The molecule has 4 rings (SSSR count). The number of nitrogens with zero attached hydrogens (tertiary/aromatic N) is 2. The first-order chi connectivity index (χ1) is 12.7. The highest BCUT2D eigenvalue weighted by Crippen LogP contribution is 2.20. The van der Waals surface area contributed by atoms with Crippen LogP contribution in [0.3, 0.4) is 0 Å². The maximum absolute atomic E-state index is 12.2. The third-order valence-electron chi connectivity index (χ3n) is 3.71. The Kier molecular flexibility index (Phi) is 4.51. The van der Waals surface area contributed by atoms with Crippen molar-refractivity contribution in [1.82, 2.24) is 10.3 Å². The summed E-state index contributed by atoms with van der Waals surface area (Å²) in [7, 11) is 0. The zero-order chi connectivity index (χ0) is 17.9. The second kappa shape index (κ2) is 7.11. The van der Waals surface area contributed by atoms with Crippen LogP contribution in [0, 0.1) is 0 Å². The molecule has 0 aliphatic rings. The van der Waals surface area contributed by atoms with E-state index in [4.69, 9.17) is 16.1 Å². The Labute approximate surface area is 157 Å². The van der Waals surface area contributed by atoms with Crippen molar-refractivity contribution in [3.8, 4) is 17.1 Å². The van der Waals surface area contributed by atoms with Crippen molar-refractivity contribution in [1.29, 1.82) is 0 Å². The van der Waals surface area contributed by atoms with E-state index in [-0.39, 0.29) is 0 Å². The van der Waals surface area contributed by atoms with E-state index in [1.807, 2.05) is 47.9 Å². The van der Waals surface area contributed by atoms with Crippen molar-refractivity contribution in [3.63, 3.8) is 0 Å². The highest BCUT2D eigenvalue weighted by molar-refractivity contribution is 7.10. The van der Waals surface area contributed by atoms with E-state index in [1.54, 1.807) is 28.9 Å². The smallest absolute Gasteiger partial charge is 0.282 e.